The number of fused-ring (bicyclic) bond motifs is 2. The lowest BCUT2D eigenvalue weighted by Gasteiger charge is -2.51. The van der Waals surface area contributed by atoms with Crippen LogP contribution in [0.5, 0.6) is 0 Å². The molecule has 1 amide bonds. The normalized spacial score (nSPS) is 36.4. The van der Waals surface area contributed by atoms with Crippen molar-refractivity contribution in [3.63, 3.8) is 0 Å². The third kappa shape index (κ3) is 2.60. The summed E-state index contributed by atoms with van der Waals surface area (Å²) in [7, 11) is 0. The molecule has 2 aliphatic rings. The fourth-order valence-electron chi connectivity index (χ4n) is 2.99. The van der Waals surface area contributed by atoms with Crippen LogP contribution in [-0.2, 0) is 4.74 Å². The highest BCUT2D eigenvalue weighted by atomic mass is 19.1. The van der Waals surface area contributed by atoms with E-state index in [-0.39, 0.29) is 12.5 Å². The van der Waals surface area contributed by atoms with Crippen LogP contribution in [0.2, 0.25) is 0 Å². The van der Waals surface area contributed by atoms with E-state index in [0.29, 0.717) is 12.8 Å². The van der Waals surface area contributed by atoms with Gasteiger partial charge in [0.2, 0.25) is 0 Å². The molecule has 2 bridgehead atoms. The minimum Gasteiger partial charge on any atom is -0.444 e. The Balaban J connectivity index is 2.18. The number of hydrogen-bond donors (Lipinski definition) is 1. The predicted octanol–water partition coefficient (Wildman–Crippen LogP) is 2.60. The number of alkyl halides is 1. The minimum absolute atomic E-state index is 0.00272. The van der Waals surface area contributed by atoms with Gasteiger partial charge in [0.25, 0.3) is 0 Å². The second-order valence-corrected chi connectivity index (χ2v) is 6.41. The molecule has 0 aromatic rings. The van der Waals surface area contributed by atoms with Gasteiger partial charge in [0.15, 0.2) is 5.79 Å². The number of amides is 1. The van der Waals surface area contributed by atoms with E-state index in [1.807, 2.05) is 0 Å². The van der Waals surface area contributed by atoms with E-state index in [0.717, 1.165) is 12.8 Å². The van der Waals surface area contributed by atoms with Gasteiger partial charge in [-0.25, -0.2) is 9.18 Å². The first-order chi connectivity index (χ1) is 8.21. The molecule has 5 heteroatoms. The zero-order chi connectivity index (χ0) is 13.6. The number of rotatable bonds is 0. The second-order valence-electron chi connectivity index (χ2n) is 6.41. The van der Waals surface area contributed by atoms with Crippen molar-refractivity contribution in [2.24, 2.45) is 0 Å². The van der Waals surface area contributed by atoms with Crippen LogP contribution in [-0.4, -0.2) is 39.6 Å². The summed E-state index contributed by atoms with van der Waals surface area (Å²) in [6.07, 6.45) is 0.989. The highest BCUT2D eigenvalue weighted by Gasteiger charge is 2.52. The third-order valence-corrected chi connectivity index (χ3v) is 3.58. The van der Waals surface area contributed by atoms with Gasteiger partial charge in [-0.05, 0) is 40.0 Å². The van der Waals surface area contributed by atoms with E-state index in [2.05, 4.69) is 0 Å². The molecular weight excluding hydrogens is 237 g/mol. The molecule has 2 saturated heterocycles. The van der Waals surface area contributed by atoms with E-state index in [4.69, 9.17) is 4.74 Å². The summed E-state index contributed by atoms with van der Waals surface area (Å²) in [5.74, 6) is -1.73. The average Bonchev–Trinajstić information content (AvgIpc) is 2.11. The molecule has 1 N–H and O–H groups in total. The molecule has 0 aliphatic carbocycles. The molecule has 4 nitrogen and oxygen atoms in total. The molecule has 3 unspecified atom stereocenters. The van der Waals surface area contributed by atoms with Gasteiger partial charge in [-0.3, -0.25) is 4.90 Å². The largest absolute Gasteiger partial charge is 0.444 e. The van der Waals surface area contributed by atoms with Crippen molar-refractivity contribution in [1.29, 1.82) is 0 Å². The van der Waals surface area contributed by atoms with Crippen molar-refractivity contribution in [1.82, 2.24) is 4.90 Å². The Kier molecular flexibility index (Phi) is 3.30. The molecule has 18 heavy (non-hydrogen) atoms. The number of carbonyl (C=O) groups excluding carboxylic acids is 1. The van der Waals surface area contributed by atoms with Gasteiger partial charge < -0.3 is 9.84 Å². The van der Waals surface area contributed by atoms with E-state index in [1.54, 1.807) is 20.8 Å². The van der Waals surface area contributed by atoms with Crippen molar-refractivity contribution in [3.05, 3.63) is 0 Å². The molecule has 2 aliphatic heterocycles. The maximum absolute atomic E-state index is 14.8. The summed E-state index contributed by atoms with van der Waals surface area (Å²) in [6, 6.07) is -0.234. The van der Waals surface area contributed by atoms with Crippen LogP contribution in [0.1, 0.15) is 52.9 Å². The fourth-order valence-corrected chi connectivity index (χ4v) is 2.99. The molecular formula is C13H22FNO3. The summed E-state index contributed by atoms with van der Waals surface area (Å²) in [5.41, 5.74) is -0.627. The number of hydrogen-bond acceptors (Lipinski definition) is 3. The molecule has 104 valence electrons. The standard InChI is InChI=1S/C13H22FNO3/c1-12(2,3)18-11(17)15-9-5-4-6-13(15,14)8-10(16)7-9/h9-10,16H,4-8H2,1-3H3. The molecule has 0 spiro atoms. The molecule has 0 aromatic heterocycles. The Morgan fingerprint density at radius 3 is 2.72 bits per heavy atom. The Bertz CT molecular complexity index is 342. The summed E-state index contributed by atoms with van der Waals surface area (Å²) < 4.78 is 20.1. The third-order valence-electron chi connectivity index (χ3n) is 3.58. The highest BCUT2D eigenvalue weighted by Crippen LogP contribution is 2.43. The maximum Gasteiger partial charge on any atom is 0.413 e. The van der Waals surface area contributed by atoms with Crippen molar-refractivity contribution >= 4 is 6.09 Å². The lowest BCUT2D eigenvalue weighted by molar-refractivity contribution is -0.148. The number of piperidine rings is 2. The molecule has 0 saturated carbocycles. The zero-order valence-electron chi connectivity index (χ0n) is 11.3. The van der Waals surface area contributed by atoms with Crippen LogP contribution in [0.15, 0.2) is 0 Å². The van der Waals surface area contributed by atoms with Crippen LogP contribution in [0.25, 0.3) is 0 Å². The van der Waals surface area contributed by atoms with Gasteiger partial charge in [-0.15, -0.1) is 0 Å². The quantitative estimate of drug-likeness (QED) is 0.680. The van der Waals surface area contributed by atoms with E-state index in [9.17, 15) is 14.3 Å². The fraction of sp³-hybridized carbons (Fsp3) is 0.923. The smallest absolute Gasteiger partial charge is 0.413 e. The van der Waals surface area contributed by atoms with E-state index < -0.39 is 23.6 Å². The zero-order valence-corrected chi connectivity index (χ0v) is 11.3. The topological polar surface area (TPSA) is 49.8 Å². The first-order valence-corrected chi connectivity index (χ1v) is 6.61. The summed E-state index contributed by atoms with van der Waals surface area (Å²) in [5, 5.41) is 9.69. The lowest BCUT2D eigenvalue weighted by Crippen LogP contribution is -2.62. The summed E-state index contributed by atoms with van der Waals surface area (Å²) in [4.78, 5) is 13.4. The van der Waals surface area contributed by atoms with Crippen LogP contribution < -0.4 is 0 Å². The monoisotopic (exact) mass is 259 g/mol. The number of aliphatic hydroxyl groups excluding tert-OH is 1. The number of carbonyl (C=O) groups is 1. The van der Waals surface area contributed by atoms with Gasteiger partial charge in [-0.2, -0.15) is 0 Å². The molecule has 0 radical (unpaired) electrons. The molecule has 0 aromatic carbocycles. The van der Waals surface area contributed by atoms with E-state index in [1.165, 1.54) is 4.90 Å². The lowest BCUT2D eigenvalue weighted by atomic mass is 9.81. The highest BCUT2D eigenvalue weighted by molar-refractivity contribution is 5.70. The number of ether oxygens (including phenoxy) is 1. The van der Waals surface area contributed by atoms with Crippen LogP contribution in [0.4, 0.5) is 9.18 Å². The predicted molar refractivity (Wildman–Crippen MR) is 64.8 cm³/mol. The molecule has 2 heterocycles. The second kappa shape index (κ2) is 4.37. The number of aliphatic hydroxyl groups is 1. The van der Waals surface area contributed by atoms with Gasteiger partial charge in [-0.1, -0.05) is 0 Å². The first kappa shape index (κ1) is 13.6. The first-order valence-electron chi connectivity index (χ1n) is 6.61. The Hall–Kier alpha value is -0.840. The Morgan fingerprint density at radius 1 is 1.50 bits per heavy atom. The van der Waals surface area contributed by atoms with Crippen LogP contribution >= 0.6 is 0 Å². The molecule has 3 atom stereocenters. The van der Waals surface area contributed by atoms with Gasteiger partial charge >= 0.3 is 6.09 Å². The Morgan fingerprint density at radius 2 is 2.17 bits per heavy atom. The van der Waals surface area contributed by atoms with Crippen molar-refractivity contribution in [3.8, 4) is 0 Å². The number of halogens is 1. The van der Waals surface area contributed by atoms with E-state index >= 15 is 0 Å². The summed E-state index contributed by atoms with van der Waals surface area (Å²) in [6.45, 7) is 5.30. The average molecular weight is 259 g/mol. The number of nitrogens with zero attached hydrogens (tertiary/aromatic N) is 1. The molecule has 2 fully saturated rings. The van der Waals surface area contributed by atoms with Crippen molar-refractivity contribution in [2.75, 3.05) is 0 Å². The molecule has 2 rings (SSSR count). The minimum atomic E-state index is -1.73. The van der Waals surface area contributed by atoms with Crippen molar-refractivity contribution < 1.29 is 19.0 Å². The van der Waals surface area contributed by atoms with Crippen LogP contribution in [0.3, 0.4) is 0 Å². The van der Waals surface area contributed by atoms with Crippen LogP contribution in [0, 0.1) is 0 Å². The van der Waals surface area contributed by atoms with Gasteiger partial charge in [0, 0.05) is 18.9 Å². The SMILES string of the molecule is CC(C)(C)OC(=O)N1C2CCCC1(F)CC(O)C2. The summed E-state index contributed by atoms with van der Waals surface area (Å²) >= 11 is 0. The van der Waals surface area contributed by atoms with Crippen molar-refractivity contribution in [2.45, 2.75) is 76.4 Å². The van der Waals surface area contributed by atoms with Gasteiger partial charge in [0.05, 0.1) is 6.10 Å². The van der Waals surface area contributed by atoms with Gasteiger partial charge in [0.1, 0.15) is 5.60 Å². The maximum atomic E-state index is 14.8. The Labute approximate surface area is 107 Å².